The average Bonchev–Trinajstić information content (AvgIpc) is 3.34. The highest BCUT2D eigenvalue weighted by Gasteiger charge is 2.24. The van der Waals surface area contributed by atoms with Crippen LogP contribution in [-0.2, 0) is 0 Å². The molecule has 1 aliphatic heterocycles. The normalized spacial score (nSPS) is 16.3. The highest BCUT2D eigenvalue weighted by atomic mass is 35.5. The fraction of sp³-hybridized carbons (Fsp3) is 0.211. The van der Waals surface area contributed by atoms with Gasteiger partial charge in [-0.15, -0.1) is 5.10 Å². The van der Waals surface area contributed by atoms with E-state index in [0.717, 1.165) is 41.6 Å². The minimum Gasteiger partial charge on any atom is -0.369 e. The monoisotopic (exact) mass is 382 g/mol. The number of nitrogens with one attached hydrogen (secondary N) is 2. The van der Waals surface area contributed by atoms with Crippen LogP contribution < -0.4 is 15.5 Å². The summed E-state index contributed by atoms with van der Waals surface area (Å²) < 4.78 is 1.66. The molecule has 1 atom stereocenters. The Morgan fingerprint density at radius 1 is 1.15 bits per heavy atom. The van der Waals surface area contributed by atoms with Crippen LogP contribution in [0.5, 0.6) is 0 Å². The molecule has 2 aromatic carbocycles. The molecule has 1 fully saturated rings. The zero-order chi connectivity index (χ0) is 18.6. The van der Waals surface area contributed by atoms with Gasteiger partial charge in [0.2, 0.25) is 0 Å². The Kier molecular flexibility index (Phi) is 4.93. The van der Waals surface area contributed by atoms with Gasteiger partial charge in [-0.05, 0) is 48.9 Å². The minimum atomic E-state index is -0.207. The molecule has 0 aliphatic carbocycles. The summed E-state index contributed by atoms with van der Waals surface area (Å²) in [7, 11) is 0. The van der Waals surface area contributed by atoms with E-state index in [1.54, 1.807) is 17.1 Å². The summed E-state index contributed by atoms with van der Waals surface area (Å²) in [5.74, 6) is 0. The summed E-state index contributed by atoms with van der Waals surface area (Å²) in [6.07, 6.45) is 4.28. The number of carbonyl (C=O) groups is 1. The lowest BCUT2D eigenvalue weighted by atomic mass is 10.2. The highest BCUT2D eigenvalue weighted by molar-refractivity contribution is 6.30. The number of aromatic nitrogens is 3. The maximum absolute atomic E-state index is 12.3. The molecular formula is C19H19ClN6O. The zero-order valence-corrected chi connectivity index (χ0v) is 15.3. The van der Waals surface area contributed by atoms with Crippen LogP contribution in [0, 0.1) is 0 Å². The van der Waals surface area contributed by atoms with Crippen LogP contribution in [0.3, 0.4) is 0 Å². The molecule has 7 nitrogen and oxygen atoms in total. The summed E-state index contributed by atoms with van der Waals surface area (Å²) in [6.45, 7) is 1.65. The molecular weight excluding hydrogens is 364 g/mol. The second-order valence-corrected chi connectivity index (χ2v) is 6.84. The standard InChI is InChI=1S/C19H19ClN6O/c20-14-2-1-3-18(12-14)25-10-8-16(13-25)23-19(27)22-15-4-6-17(7-5-15)26-11-9-21-24-26/h1-7,9,11-12,16H,8,10,13H2,(H2,22,23,27). The fourth-order valence-electron chi connectivity index (χ4n) is 3.18. The molecule has 0 bridgehead atoms. The van der Waals surface area contributed by atoms with Crippen LogP contribution >= 0.6 is 11.6 Å². The number of nitrogens with zero attached hydrogens (tertiary/aromatic N) is 4. The molecule has 4 rings (SSSR count). The maximum Gasteiger partial charge on any atom is 0.319 e. The molecule has 1 saturated heterocycles. The van der Waals surface area contributed by atoms with E-state index in [4.69, 9.17) is 11.6 Å². The number of hydrogen-bond donors (Lipinski definition) is 2. The number of rotatable bonds is 4. The van der Waals surface area contributed by atoms with Crippen molar-refractivity contribution in [2.75, 3.05) is 23.3 Å². The van der Waals surface area contributed by atoms with Crippen molar-refractivity contribution in [2.45, 2.75) is 12.5 Å². The number of urea groups is 1. The summed E-state index contributed by atoms with van der Waals surface area (Å²) in [4.78, 5) is 14.5. The van der Waals surface area contributed by atoms with E-state index >= 15 is 0 Å². The molecule has 2 amide bonds. The second-order valence-electron chi connectivity index (χ2n) is 6.40. The Bertz CT molecular complexity index is 912. The fourth-order valence-corrected chi connectivity index (χ4v) is 3.37. The van der Waals surface area contributed by atoms with E-state index < -0.39 is 0 Å². The van der Waals surface area contributed by atoms with Crippen molar-refractivity contribution in [2.24, 2.45) is 0 Å². The predicted octanol–water partition coefficient (Wildman–Crippen LogP) is 3.32. The third kappa shape index (κ3) is 4.20. The zero-order valence-electron chi connectivity index (χ0n) is 14.5. The van der Waals surface area contributed by atoms with Crippen molar-refractivity contribution < 1.29 is 4.79 Å². The van der Waals surface area contributed by atoms with Gasteiger partial charge in [0, 0.05) is 35.5 Å². The molecule has 0 saturated carbocycles. The number of benzene rings is 2. The Morgan fingerprint density at radius 2 is 2.00 bits per heavy atom. The molecule has 2 heterocycles. The Balaban J connectivity index is 1.31. The molecule has 8 heteroatoms. The van der Waals surface area contributed by atoms with Crippen LogP contribution in [0.2, 0.25) is 5.02 Å². The summed E-state index contributed by atoms with van der Waals surface area (Å²) in [5.41, 5.74) is 2.68. The number of amides is 2. The molecule has 0 spiro atoms. The average molecular weight is 383 g/mol. The van der Waals surface area contributed by atoms with E-state index in [9.17, 15) is 4.79 Å². The van der Waals surface area contributed by atoms with E-state index in [2.05, 4.69) is 25.8 Å². The quantitative estimate of drug-likeness (QED) is 0.725. The van der Waals surface area contributed by atoms with Gasteiger partial charge in [0.15, 0.2) is 0 Å². The minimum absolute atomic E-state index is 0.0957. The Labute approximate surface area is 161 Å². The summed E-state index contributed by atoms with van der Waals surface area (Å²) in [5, 5.41) is 14.3. The third-order valence-electron chi connectivity index (χ3n) is 4.51. The van der Waals surface area contributed by atoms with Crippen LogP contribution in [0.15, 0.2) is 60.9 Å². The third-order valence-corrected chi connectivity index (χ3v) is 4.74. The van der Waals surface area contributed by atoms with Crippen molar-refractivity contribution in [3.63, 3.8) is 0 Å². The van der Waals surface area contributed by atoms with Gasteiger partial charge in [0.05, 0.1) is 18.1 Å². The first-order chi connectivity index (χ1) is 13.2. The second kappa shape index (κ2) is 7.67. The molecule has 2 N–H and O–H groups in total. The first kappa shape index (κ1) is 17.4. The van der Waals surface area contributed by atoms with E-state index in [-0.39, 0.29) is 12.1 Å². The van der Waals surface area contributed by atoms with E-state index in [1.807, 2.05) is 48.5 Å². The molecule has 0 radical (unpaired) electrons. The van der Waals surface area contributed by atoms with Gasteiger partial charge in [-0.2, -0.15) is 0 Å². The van der Waals surface area contributed by atoms with Crippen LogP contribution in [0.25, 0.3) is 5.69 Å². The van der Waals surface area contributed by atoms with Crippen molar-refractivity contribution in [1.29, 1.82) is 0 Å². The highest BCUT2D eigenvalue weighted by Crippen LogP contribution is 2.23. The van der Waals surface area contributed by atoms with Crippen molar-refractivity contribution in [3.05, 3.63) is 65.9 Å². The van der Waals surface area contributed by atoms with Gasteiger partial charge in [-0.25, -0.2) is 9.48 Å². The summed E-state index contributed by atoms with van der Waals surface area (Å²) in [6, 6.07) is 15.1. The first-order valence-corrected chi connectivity index (χ1v) is 9.10. The summed E-state index contributed by atoms with van der Waals surface area (Å²) >= 11 is 6.06. The van der Waals surface area contributed by atoms with Gasteiger partial charge in [0.1, 0.15) is 0 Å². The van der Waals surface area contributed by atoms with E-state index in [0.29, 0.717) is 0 Å². The van der Waals surface area contributed by atoms with Crippen LogP contribution in [-0.4, -0.2) is 40.2 Å². The molecule has 27 heavy (non-hydrogen) atoms. The van der Waals surface area contributed by atoms with E-state index in [1.165, 1.54) is 0 Å². The largest absolute Gasteiger partial charge is 0.369 e. The lowest BCUT2D eigenvalue weighted by Crippen LogP contribution is -2.39. The maximum atomic E-state index is 12.3. The van der Waals surface area contributed by atoms with Gasteiger partial charge in [-0.1, -0.05) is 22.9 Å². The predicted molar refractivity (Wildman–Crippen MR) is 106 cm³/mol. The van der Waals surface area contributed by atoms with Gasteiger partial charge >= 0.3 is 6.03 Å². The lowest BCUT2D eigenvalue weighted by molar-refractivity contribution is 0.249. The Morgan fingerprint density at radius 3 is 2.74 bits per heavy atom. The van der Waals surface area contributed by atoms with Crippen LogP contribution in [0.1, 0.15) is 6.42 Å². The van der Waals surface area contributed by atoms with Crippen molar-refractivity contribution >= 4 is 29.0 Å². The number of anilines is 2. The van der Waals surface area contributed by atoms with Gasteiger partial charge < -0.3 is 15.5 Å². The van der Waals surface area contributed by atoms with Crippen LogP contribution in [0.4, 0.5) is 16.2 Å². The molecule has 1 aromatic heterocycles. The topological polar surface area (TPSA) is 75.1 Å². The lowest BCUT2D eigenvalue weighted by Gasteiger charge is -2.19. The van der Waals surface area contributed by atoms with Crippen molar-refractivity contribution in [1.82, 2.24) is 20.3 Å². The first-order valence-electron chi connectivity index (χ1n) is 8.72. The molecule has 3 aromatic rings. The van der Waals surface area contributed by atoms with Gasteiger partial charge in [-0.3, -0.25) is 0 Å². The molecule has 1 unspecified atom stereocenters. The molecule has 138 valence electrons. The Hall–Kier alpha value is -3.06. The molecule has 1 aliphatic rings. The van der Waals surface area contributed by atoms with Gasteiger partial charge in [0.25, 0.3) is 0 Å². The smallest absolute Gasteiger partial charge is 0.319 e. The number of carbonyl (C=O) groups excluding carboxylic acids is 1. The van der Waals surface area contributed by atoms with Crippen molar-refractivity contribution in [3.8, 4) is 5.69 Å². The number of halogens is 1. The SMILES string of the molecule is O=C(Nc1ccc(-n2ccnn2)cc1)NC1CCN(c2cccc(Cl)c2)C1. The number of hydrogen-bond acceptors (Lipinski definition) is 4.